The molecule has 29 atom stereocenters. The number of aliphatic hydroxyl groups excluding tert-OH is 5. The van der Waals surface area contributed by atoms with Crippen molar-refractivity contribution in [2.24, 2.45) is 34.5 Å². The second-order valence-corrected chi connectivity index (χ2v) is 24.3. The molecule has 4 aliphatic carbocycles. The Bertz CT molecular complexity index is 1980. The van der Waals surface area contributed by atoms with Crippen LogP contribution in [0.25, 0.3) is 0 Å². The maximum atomic E-state index is 13.1. The molecule has 8 rings (SSSR count). The maximum Gasteiger partial charge on any atom is 0.309 e. The molecule has 0 spiro atoms. The van der Waals surface area contributed by atoms with Gasteiger partial charge in [0.1, 0.15) is 72.7 Å². The van der Waals surface area contributed by atoms with Crippen molar-refractivity contribution in [2.75, 3.05) is 27.9 Å². The first-order valence-corrected chi connectivity index (χ1v) is 28.3. The number of fused-ring (bicyclic) bond motifs is 5. The number of aliphatic hydroxyl groups is 7. The Labute approximate surface area is 453 Å². The van der Waals surface area contributed by atoms with Gasteiger partial charge in [-0.1, -0.05) is 27.7 Å². The Morgan fingerprint density at radius 1 is 0.649 bits per heavy atom. The molecular formula is C55H92O22. The number of rotatable bonds is 17. The van der Waals surface area contributed by atoms with E-state index < -0.39 is 158 Å². The molecule has 8 fully saturated rings. The highest BCUT2D eigenvalue weighted by atomic mass is 16.8. The van der Waals surface area contributed by atoms with Crippen LogP contribution in [0.4, 0.5) is 0 Å². The lowest BCUT2D eigenvalue weighted by Gasteiger charge is -2.66. The van der Waals surface area contributed by atoms with Crippen LogP contribution in [0.2, 0.25) is 0 Å². The second-order valence-electron chi connectivity index (χ2n) is 24.3. The summed E-state index contributed by atoms with van der Waals surface area (Å²) >= 11 is 0. The lowest BCUT2D eigenvalue weighted by atomic mass is 9.42. The molecule has 77 heavy (non-hydrogen) atoms. The van der Waals surface area contributed by atoms with Crippen LogP contribution in [0.5, 0.6) is 0 Å². The molecule has 4 saturated heterocycles. The number of hydrogen-bond donors (Lipinski definition) is 7. The van der Waals surface area contributed by atoms with Gasteiger partial charge in [0.25, 0.3) is 0 Å². The minimum absolute atomic E-state index is 0.00134. The van der Waals surface area contributed by atoms with Gasteiger partial charge in [-0.15, -0.1) is 0 Å². The standard InChI is InChI=1S/C55H92O22/c1-13-25(2)49(62)71-29(6)54(63)18-19-55(64)33-15-14-31-20-32(16-17-52(31,8)34(33)21-38(53(54,55)9)72-30(7)57)73-39-22-35(65-10)45(26(3)68-39)75-40-23-36(66-11)46(27(4)69-40)76-51-44(61)48(67-12)47(28(5)70-51)77-50-43(60)42(59)41(58)37(24-56)74-50/h25-29,31-48,50-51,56,58-61,63-64H,13-24H2,1-12H3/t25-,26+,27+,28+,29+,31-,32-,33+,34-,35-,36+,37+,38+,39-,40-,41+,42-,43+,44+,45+,46+,47+,48+,50-,51-,52-,53+,54+,55-/m0/s1. The number of carbonyl (C=O) groups excluding carboxylic acids is 2. The summed E-state index contributed by atoms with van der Waals surface area (Å²) in [7, 11) is 4.55. The summed E-state index contributed by atoms with van der Waals surface area (Å²) in [5.74, 6) is -1.16. The zero-order chi connectivity index (χ0) is 56.3. The molecule has 0 amide bonds. The van der Waals surface area contributed by atoms with E-state index in [4.69, 9.17) is 61.6 Å². The quantitative estimate of drug-likeness (QED) is 0.0811. The van der Waals surface area contributed by atoms with Crippen LogP contribution >= 0.6 is 0 Å². The summed E-state index contributed by atoms with van der Waals surface area (Å²) < 4.78 is 80.2. The van der Waals surface area contributed by atoms with Gasteiger partial charge in [0.15, 0.2) is 25.2 Å². The van der Waals surface area contributed by atoms with Crippen molar-refractivity contribution in [1.82, 2.24) is 0 Å². The predicted molar refractivity (Wildman–Crippen MR) is 268 cm³/mol. The zero-order valence-corrected chi connectivity index (χ0v) is 47.2. The first-order valence-electron chi connectivity index (χ1n) is 28.3. The third-order valence-corrected chi connectivity index (χ3v) is 20.3. The Hall–Kier alpha value is -1.78. The van der Waals surface area contributed by atoms with E-state index in [0.717, 1.165) is 32.1 Å². The maximum absolute atomic E-state index is 13.1. The highest BCUT2D eigenvalue weighted by Gasteiger charge is 2.77. The molecule has 0 unspecified atom stereocenters. The number of ether oxygens (including phenoxy) is 13. The van der Waals surface area contributed by atoms with Crippen molar-refractivity contribution in [3.63, 3.8) is 0 Å². The molecule has 22 heteroatoms. The molecule has 22 nitrogen and oxygen atoms in total. The molecule has 8 aliphatic rings. The van der Waals surface area contributed by atoms with E-state index >= 15 is 0 Å². The van der Waals surface area contributed by atoms with Crippen molar-refractivity contribution in [2.45, 2.75) is 273 Å². The van der Waals surface area contributed by atoms with Gasteiger partial charge in [-0.05, 0) is 109 Å². The fraction of sp³-hybridized carbons (Fsp3) is 0.964. The number of hydrogen-bond acceptors (Lipinski definition) is 22. The predicted octanol–water partition coefficient (Wildman–Crippen LogP) is 2.16. The van der Waals surface area contributed by atoms with Crippen LogP contribution < -0.4 is 0 Å². The van der Waals surface area contributed by atoms with Crippen LogP contribution in [0, 0.1) is 34.5 Å². The molecule has 4 saturated carbocycles. The zero-order valence-electron chi connectivity index (χ0n) is 47.2. The smallest absolute Gasteiger partial charge is 0.309 e. The van der Waals surface area contributed by atoms with Crippen LogP contribution in [-0.4, -0.2) is 216 Å². The van der Waals surface area contributed by atoms with Gasteiger partial charge in [-0.25, -0.2) is 0 Å². The highest BCUT2D eigenvalue weighted by molar-refractivity contribution is 5.72. The molecule has 4 aliphatic heterocycles. The van der Waals surface area contributed by atoms with Crippen LogP contribution in [-0.2, 0) is 71.2 Å². The van der Waals surface area contributed by atoms with E-state index in [0.29, 0.717) is 25.7 Å². The summed E-state index contributed by atoms with van der Waals surface area (Å²) in [6.07, 6.45) is -13.5. The molecule has 0 aromatic carbocycles. The Balaban J connectivity index is 0.859. The number of methoxy groups -OCH3 is 3. The Kier molecular flexibility index (Phi) is 19.3. The SMILES string of the molecule is CC[C@H](C)C(=O)O[C@H](C)[C@]1(O)CC[C@]2(O)[C@@H]3CC[C@H]4C[C@@H](O[C@H]5C[C@H](OC)[C@H](O[C@H]6C[C@@H](OC)[C@H](O[C@@H]7O[C@H](C)[C@@H](O[C@@H]8O[C@H](CO)[C@@H](O)[C@H](O)[C@H]8O)[C@H](OC)[C@H]7O)[C@@H](C)O6)[C@@H](C)O5)CC[C@]4(C)[C@H]3C[C@@H](OC(C)=O)[C@]12C. The van der Waals surface area contributed by atoms with Crippen molar-refractivity contribution in [3.8, 4) is 0 Å². The topological polar surface area (TPSA) is 296 Å². The molecule has 7 N–H and O–H groups in total. The van der Waals surface area contributed by atoms with E-state index in [-0.39, 0.29) is 48.0 Å². The molecule has 0 aromatic rings. The summed E-state index contributed by atoms with van der Waals surface area (Å²) in [5.41, 5.74) is -4.51. The minimum atomic E-state index is -1.67. The van der Waals surface area contributed by atoms with Crippen LogP contribution in [0.15, 0.2) is 0 Å². The van der Waals surface area contributed by atoms with Crippen molar-refractivity contribution >= 4 is 11.9 Å². The van der Waals surface area contributed by atoms with Crippen LogP contribution in [0.1, 0.15) is 133 Å². The Morgan fingerprint density at radius 3 is 1.84 bits per heavy atom. The average Bonchev–Trinajstić information content (AvgIpc) is 3.92. The van der Waals surface area contributed by atoms with Gasteiger partial charge >= 0.3 is 11.9 Å². The number of esters is 2. The highest BCUT2D eigenvalue weighted by Crippen LogP contribution is 2.71. The monoisotopic (exact) mass is 1100 g/mol. The fourth-order valence-corrected chi connectivity index (χ4v) is 15.4. The largest absolute Gasteiger partial charge is 0.462 e. The second kappa shape index (κ2) is 24.2. The van der Waals surface area contributed by atoms with Gasteiger partial charge < -0.3 is 97.3 Å². The first kappa shape index (κ1) is 61.3. The van der Waals surface area contributed by atoms with Gasteiger partial charge in [0.05, 0.1) is 60.2 Å². The average molecular weight is 1110 g/mol. The fourth-order valence-electron chi connectivity index (χ4n) is 15.4. The molecule has 0 radical (unpaired) electrons. The number of carbonyl (C=O) groups is 2. The van der Waals surface area contributed by atoms with Gasteiger partial charge in [-0.3, -0.25) is 9.59 Å². The summed E-state index contributed by atoms with van der Waals surface area (Å²) in [5, 5.41) is 78.1. The lowest BCUT2D eigenvalue weighted by Crippen LogP contribution is -2.72. The van der Waals surface area contributed by atoms with E-state index in [1.807, 2.05) is 20.8 Å². The first-order chi connectivity index (χ1) is 36.3. The molecular weight excluding hydrogens is 1010 g/mol. The van der Waals surface area contributed by atoms with E-state index in [1.165, 1.54) is 14.0 Å². The molecule has 0 aromatic heterocycles. The third kappa shape index (κ3) is 11.2. The van der Waals surface area contributed by atoms with Gasteiger partial charge in [0, 0.05) is 41.1 Å². The summed E-state index contributed by atoms with van der Waals surface area (Å²) in [6.45, 7) is 15.6. The summed E-state index contributed by atoms with van der Waals surface area (Å²) in [4.78, 5) is 25.9. The van der Waals surface area contributed by atoms with Crippen LogP contribution in [0.3, 0.4) is 0 Å². The third-order valence-electron chi connectivity index (χ3n) is 20.3. The van der Waals surface area contributed by atoms with Gasteiger partial charge in [0.2, 0.25) is 0 Å². The van der Waals surface area contributed by atoms with Crippen molar-refractivity contribution in [1.29, 1.82) is 0 Å². The molecule has 444 valence electrons. The minimum Gasteiger partial charge on any atom is -0.462 e. The lowest BCUT2D eigenvalue weighted by molar-refractivity contribution is -0.373. The normalized spacial score (nSPS) is 50.9. The molecule has 4 heterocycles. The van der Waals surface area contributed by atoms with Gasteiger partial charge in [-0.2, -0.15) is 0 Å². The van der Waals surface area contributed by atoms with Crippen molar-refractivity contribution in [3.05, 3.63) is 0 Å². The van der Waals surface area contributed by atoms with E-state index in [1.54, 1.807) is 41.9 Å². The van der Waals surface area contributed by atoms with E-state index in [2.05, 4.69) is 6.92 Å². The molecule has 0 bridgehead atoms. The van der Waals surface area contributed by atoms with E-state index in [9.17, 15) is 45.3 Å². The Morgan fingerprint density at radius 2 is 1.25 bits per heavy atom. The summed E-state index contributed by atoms with van der Waals surface area (Å²) in [6, 6.07) is 0. The van der Waals surface area contributed by atoms with Crippen molar-refractivity contribution < 1.29 is 107 Å².